The Kier molecular flexibility index (Phi) is 31.1. The van der Waals surface area contributed by atoms with Crippen molar-refractivity contribution in [2.24, 2.45) is 0 Å². The van der Waals surface area contributed by atoms with Crippen molar-refractivity contribution in [2.75, 3.05) is 65.9 Å². The smallest absolute Gasteiger partial charge is 0.329 e. The average Bonchev–Trinajstić information content (AvgIpc) is 3.03. The molecule has 3 amide bonds. The number of amides is 3. The summed E-state index contributed by atoms with van der Waals surface area (Å²) in [5, 5.41) is 25.7. The molecule has 0 aliphatic heterocycles. The number of carbonyl (C=O) groups excluding carboxylic acids is 3. The quantitative estimate of drug-likeness (QED) is 0.0618. The molecule has 0 aromatic heterocycles. The molecule has 0 fully saturated rings. The molecule has 47 heavy (non-hydrogen) atoms. The molecular formula is C33H61N3O11. The predicted molar refractivity (Wildman–Crippen MR) is 176 cm³/mol. The van der Waals surface area contributed by atoms with Crippen molar-refractivity contribution in [1.29, 1.82) is 0 Å². The number of aliphatic carboxylic acids is 2. The van der Waals surface area contributed by atoms with Gasteiger partial charge < -0.3 is 45.1 Å². The Bertz CT molecular complexity index is 830. The van der Waals surface area contributed by atoms with E-state index in [4.69, 9.17) is 24.1 Å². The van der Waals surface area contributed by atoms with Gasteiger partial charge in [-0.15, -0.1) is 0 Å². The van der Waals surface area contributed by atoms with E-state index in [0.717, 1.165) is 25.7 Å². The molecule has 1 atom stereocenters. The molecule has 0 aliphatic rings. The Morgan fingerprint density at radius 3 is 1.51 bits per heavy atom. The number of hydrogen-bond donors (Lipinski definition) is 5. The van der Waals surface area contributed by atoms with Gasteiger partial charge in [-0.2, -0.15) is 0 Å². The summed E-state index contributed by atoms with van der Waals surface area (Å²) in [6, 6.07) is -1.11. The number of rotatable bonds is 35. The average molecular weight is 676 g/mol. The molecule has 274 valence electrons. The Morgan fingerprint density at radius 1 is 0.532 bits per heavy atom. The highest BCUT2D eigenvalue weighted by atomic mass is 16.5. The molecule has 14 nitrogen and oxygen atoms in total. The summed E-state index contributed by atoms with van der Waals surface area (Å²) in [5.41, 5.74) is 0. The topological polar surface area (TPSA) is 199 Å². The number of carbonyl (C=O) groups is 5. The van der Waals surface area contributed by atoms with Crippen LogP contribution in [0.1, 0.15) is 110 Å². The van der Waals surface area contributed by atoms with Crippen LogP contribution in [0.25, 0.3) is 0 Å². The third-order valence-electron chi connectivity index (χ3n) is 7.14. The molecule has 0 unspecified atom stereocenters. The number of nitrogens with one attached hydrogen (secondary N) is 3. The lowest BCUT2D eigenvalue weighted by atomic mass is 10.0. The molecule has 0 aromatic rings. The van der Waals surface area contributed by atoms with E-state index in [1.165, 1.54) is 57.8 Å². The second-order valence-electron chi connectivity index (χ2n) is 11.4. The van der Waals surface area contributed by atoms with Gasteiger partial charge in [0.05, 0.1) is 39.6 Å². The normalized spacial score (nSPS) is 11.6. The maximum Gasteiger partial charge on any atom is 0.329 e. The molecule has 0 heterocycles. The van der Waals surface area contributed by atoms with Gasteiger partial charge in [-0.1, -0.05) is 84.0 Å². The molecule has 0 radical (unpaired) electrons. The lowest BCUT2D eigenvalue weighted by Gasteiger charge is -2.14. The van der Waals surface area contributed by atoms with Crippen LogP contribution in [0, 0.1) is 0 Å². The van der Waals surface area contributed by atoms with Gasteiger partial charge in [0.1, 0.15) is 19.3 Å². The van der Waals surface area contributed by atoms with Gasteiger partial charge in [0, 0.05) is 25.9 Å². The summed E-state index contributed by atoms with van der Waals surface area (Å²) in [5.74, 6) is -3.18. The molecule has 5 N–H and O–H groups in total. The van der Waals surface area contributed by atoms with Crippen molar-refractivity contribution < 1.29 is 53.1 Å². The summed E-state index contributed by atoms with van der Waals surface area (Å²) in [6.07, 6.45) is 15.9. The fraction of sp³-hybridized carbons (Fsp3) is 0.848. The van der Waals surface area contributed by atoms with Gasteiger partial charge in [0.15, 0.2) is 0 Å². The first kappa shape index (κ1) is 44.2. The lowest BCUT2D eigenvalue weighted by molar-refractivity contribution is -0.143. The fourth-order valence-corrected chi connectivity index (χ4v) is 4.53. The predicted octanol–water partition coefficient (Wildman–Crippen LogP) is 3.20. The highest BCUT2D eigenvalue weighted by molar-refractivity contribution is 5.84. The zero-order valence-corrected chi connectivity index (χ0v) is 28.5. The number of carboxylic acids is 2. The van der Waals surface area contributed by atoms with E-state index < -0.39 is 18.0 Å². The zero-order chi connectivity index (χ0) is 34.8. The highest BCUT2D eigenvalue weighted by Crippen LogP contribution is 2.13. The number of carboxylic acid groups (broad SMARTS) is 2. The molecule has 0 saturated carbocycles. The van der Waals surface area contributed by atoms with Crippen molar-refractivity contribution in [3.8, 4) is 0 Å². The minimum Gasteiger partial charge on any atom is -0.480 e. The van der Waals surface area contributed by atoms with E-state index in [2.05, 4.69) is 22.9 Å². The molecule has 0 aliphatic carbocycles. The van der Waals surface area contributed by atoms with E-state index in [0.29, 0.717) is 0 Å². The molecule has 0 bridgehead atoms. The van der Waals surface area contributed by atoms with Gasteiger partial charge in [0.2, 0.25) is 17.7 Å². The maximum atomic E-state index is 12.2. The third kappa shape index (κ3) is 32.9. The van der Waals surface area contributed by atoms with Gasteiger partial charge in [-0.25, -0.2) is 9.59 Å². The van der Waals surface area contributed by atoms with Crippen LogP contribution in [0.3, 0.4) is 0 Å². The lowest BCUT2D eigenvalue weighted by Crippen LogP contribution is -2.41. The van der Waals surface area contributed by atoms with Gasteiger partial charge >= 0.3 is 11.9 Å². The highest BCUT2D eigenvalue weighted by Gasteiger charge is 2.20. The molecule has 0 aromatic carbocycles. The largest absolute Gasteiger partial charge is 0.480 e. The Balaban J connectivity index is 3.68. The monoisotopic (exact) mass is 675 g/mol. The first-order valence-corrected chi connectivity index (χ1v) is 17.3. The van der Waals surface area contributed by atoms with E-state index in [9.17, 15) is 29.1 Å². The number of unbranched alkanes of at least 4 members (excludes halogenated alkanes) is 12. The van der Waals surface area contributed by atoms with E-state index >= 15 is 0 Å². The Hall–Kier alpha value is -2.81. The van der Waals surface area contributed by atoms with Crippen LogP contribution in [-0.2, 0) is 42.9 Å². The molecule has 0 saturated heterocycles. The second kappa shape index (κ2) is 33.1. The Morgan fingerprint density at radius 2 is 1.00 bits per heavy atom. The standard InChI is InChI=1S/C33H61N3O11/c1-2-3-4-5-6-7-8-9-10-11-12-13-14-15-30(38)36-28(33(42)43)16-17-29(37)34-18-20-44-22-24-46-26-31(39)35-19-21-45-23-25-47-27-32(40)41/h28H,2-27H2,1H3,(H,34,37)(H,35,39)(H,36,38)(H,40,41)(H,42,43)/t28-/m0/s1. The number of hydrogen-bond acceptors (Lipinski definition) is 9. The summed E-state index contributed by atoms with van der Waals surface area (Å²) in [6.45, 7) is 3.43. The van der Waals surface area contributed by atoms with E-state index in [1.54, 1.807) is 0 Å². The summed E-state index contributed by atoms with van der Waals surface area (Å²) < 4.78 is 20.6. The van der Waals surface area contributed by atoms with Crippen molar-refractivity contribution in [3.05, 3.63) is 0 Å². The van der Waals surface area contributed by atoms with Gasteiger partial charge in [-0.3, -0.25) is 14.4 Å². The van der Waals surface area contributed by atoms with E-state index in [-0.39, 0.29) is 103 Å². The van der Waals surface area contributed by atoms with Gasteiger partial charge in [0.25, 0.3) is 0 Å². The van der Waals surface area contributed by atoms with Crippen LogP contribution in [0.5, 0.6) is 0 Å². The molecule has 0 spiro atoms. The number of ether oxygens (including phenoxy) is 4. The minimum absolute atomic E-state index is 0.00436. The minimum atomic E-state index is -1.16. The third-order valence-corrected chi connectivity index (χ3v) is 7.14. The van der Waals surface area contributed by atoms with E-state index in [1.807, 2.05) is 0 Å². The van der Waals surface area contributed by atoms with Crippen LogP contribution in [-0.4, -0.2) is 112 Å². The van der Waals surface area contributed by atoms with Gasteiger partial charge in [-0.05, 0) is 12.8 Å². The van der Waals surface area contributed by atoms with Crippen molar-refractivity contribution in [2.45, 2.75) is 116 Å². The summed E-state index contributed by atoms with van der Waals surface area (Å²) in [4.78, 5) is 57.9. The fourth-order valence-electron chi connectivity index (χ4n) is 4.53. The SMILES string of the molecule is CCCCCCCCCCCCCCCC(=O)N[C@@H](CCC(=O)NCCOCCOCC(=O)NCCOCCOCC(=O)O)C(=O)O. The first-order chi connectivity index (χ1) is 22.8. The van der Waals surface area contributed by atoms with Crippen LogP contribution < -0.4 is 16.0 Å². The molecular weight excluding hydrogens is 614 g/mol. The maximum absolute atomic E-state index is 12.2. The Labute approximate surface area is 280 Å². The summed E-state index contributed by atoms with van der Waals surface area (Å²) >= 11 is 0. The molecule has 0 rings (SSSR count). The zero-order valence-electron chi connectivity index (χ0n) is 28.5. The van der Waals surface area contributed by atoms with Crippen LogP contribution in [0.4, 0.5) is 0 Å². The van der Waals surface area contributed by atoms with Crippen molar-refractivity contribution >= 4 is 29.7 Å². The van der Waals surface area contributed by atoms with Crippen LogP contribution >= 0.6 is 0 Å². The van der Waals surface area contributed by atoms with Crippen molar-refractivity contribution in [1.82, 2.24) is 16.0 Å². The summed E-state index contributed by atoms with van der Waals surface area (Å²) in [7, 11) is 0. The first-order valence-electron chi connectivity index (χ1n) is 17.3. The molecule has 14 heteroatoms. The van der Waals surface area contributed by atoms with Crippen molar-refractivity contribution in [3.63, 3.8) is 0 Å². The second-order valence-corrected chi connectivity index (χ2v) is 11.4. The van der Waals surface area contributed by atoms with Crippen LogP contribution in [0.2, 0.25) is 0 Å². The van der Waals surface area contributed by atoms with Crippen LogP contribution in [0.15, 0.2) is 0 Å².